The van der Waals surface area contributed by atoms with E-state index in [1.165, 1.54) is 122 Å². The molecule has 1 heterocycles. The molecule has 0 radical (unpaired) electrons. The van der Waals surface area contributed by atoms with E-state index < -0.39 is 67.3 Å². The molecule has 1 aliphatic rings. The lowest BCUT2D eigenvalue weighted by atomic mass is 9.98. The van der Waals surface area contributed by atoms with Crippen molar-refractivity contribution >= 4 is 23.9 Å². The van der Waals surface area contributed by atoms with Crippen LogP contribution in [0.5, 0.6) is 0 Å². The molecule has 1 rings (SSSR count). The lowest BCUT2D eigenvalue weighted by Gasteiger charge is -2.40. The summed E-state index contributed by atoms with van der Waals surface area (Å²) in [5, 5.41) is 31.5. The number of aliphatic hydroxyl groups excluding tert-OH is 2. The maximum atomic E-state index is 13.2. The standard InChI is InChI=1S/C67H112O12/c1-4-7-10-13-16-19-22-25-28-29-30-31-34-35-38-41-44-47-50-53-59(68)75-56-58(77-60(69)54-51-48-45-42-39-36-32-26-23-20-17-14-11-8-5-2)57-76-67-65(63(72)62(71)64(79-67)66(73)74)78-61(70)55-52-49-46-43-40-37-33-27-24-21-18-15-12-9-6-3/h9,12,18,21,25-28,32-33,40,43,49,52,58,62-65,67,71-72H,4-8,10-11,13-17,19-20,22-24,29-31,34-39,41-42,44-48,50-51,53-57H2,1-3H3,(H,73,74)/b12-9-,21-18-,28-25-,32-26-,33-27-,43-40-,52-49-. The fraction of sp³-hybridized carbons (Fsp3) is 0.731. The molecule has 1 fully saturated rings. The van der Waals surface area contributed by atoms with Crippen LogP contribution >= 0.6 is 0 Å². The average Bonchev–Trinajstić information content (AvgIpc) is 3.44. The van der Waals surface area contributed by atoms with Gasteiger partial charge in [-0.05, 0) is 96.3 Å². The molecule has 3 N–H and O–H groups in total. The van der Waals surface area contributed by atoms with Gasteiger partial charge >= 0.3 is 23.9 Å². The Morgan fingerprint density at radius 2 is 0.835 bits per heavy atom. The van der Waals surface area contributed by atoms with Gasteiger partial charge in [-0.1, -0.05) is 234 Å². The number of ether oxygens (including phenoxy) is 5. The van der Waals surface area contributed by atoms with Crippen molar-refractivity contribution in [1.29, 1.82) is 0 Å². The summed E-state index contributed by atoms with van der Waals surface area (Å²) >= 11 is 0. The summed E-state index contributed by atoms with van der Waals surface area (Å²) in [5.41, 5.74) is 0. The first-order valence-corrected chi connectivity index (χ1v) is 31.6. The second-order valence-corrected chi connectivity index (χ2v) is 21.3. The molecule has 6 atom stereocenters. The van der Waals surface area contributed by atoms with Crippen LogP contribution in [0.25, 0.3) is 0 Å². The molecule has 1 saturated heterocycles. The summed E-state index contributed by atoms with van der Waals surface area (Å²) in [6, 6.07) is 0. The minimum atomic E-state index is -1.94. The maximum absolute atomic E-state index is 13.2. The molecule has 12 heteroatoms. The van der Waals surface area contributed by atoms with E-state index >= 15 is 0 Å². The monoisotopic (exact) mass is 1110 g/mol. The molecular formula is C67H112O12. The zero-order valence-electron chi connectivity index (χ0n) is 49.8. The van der Waals surface area contributed by atoms with E-state index in [1.807, 2.05) is 12.2 Å². The van der Waals surface area contributed by atoms with Crippen molar-refractivity contribution in [2.75, 3.05) is 13.2 Å². The van der Waals surface area contributed by atoms with Gasteiger partial charge in [-0.15, -0.1) is 0 Å². The number of carboxylic acid groups (broad SMARTS) is 1. The summed E-state index contributed by atoms with van der Waals surface area (Å²) in [4.78, 5) is 51.2. The van der Waals surface area contributed by atoms with Crippen molar-refractivity contribution in [2.24, 2.45) is 0 Å². The molecule has 12 nitrogen and oxygen atoms in total. The van der Waals surface area contributed by atoms with E-state index in [-0.39, 0.29) is 25.9 Å². The van der Waals surface area contributed by atoms with Gasteiger partial charge in [0.15, 0.2) is 24.6 Å². The first-order valence-electron chi connectivity index (χ1n) is 31.6. The number of aliphatic carboxylic acids is 1. The molecule has 0 amide bonds. The van der Waals surface area contributed by atoms with Crippen LogP contribution in [-0.4, -0.2) is 89.2 Å². The van der Waals surface area contributed by atoms with Crippen molar-refractivity contribution in [2.45, 2.75) is 302 Å². The third-order valence-electron chi connectivity index (χ3n) is 14.0. The van der Waals surface area contributed by atoms with Gasteiger partial charge in [-0.3, -0.25) is 14.4 Å². The lowest BCUT2D eigenvalue weighted by molar-refractivity contribution is -0.301. The van der Waals surface area contributed by atoms with Crippen molar-refractivity contribution in [1.82, 2.24) is 0 Å². The number of carbonyl (C=O) groups excluding carboxylic acids is 3. The minimum absolute atomic E-state index is 0.140. The number of hydrogen-bond acceptors (Lipinski definition) is 11. The molecule has 0 aromatic carbocycles. The van der Waals surface area contributed by atoms with Crippen LogP contribution in [0.2, 0.25) is 0 Å². The number of carboxylic acids is 1. The Kier molecular flexibility index (Phi) is 50.3. The second-order valence-electron chi connectivity index (χ2n) is 21.3. The van der Waals surface area contributed by atoms with Crippen LogP contribution in [0.15, 0.2) is 85.1 Å². The topological polar surface area (TPSA) is 175 Å². The highest BCUT2D eigenvalue weighted by molar-refractivity contribution is 5.74. The zero-order chi connectivity index (χ0) is 57.5. The van der Waals surface area contributed by atoms with Crippen molar-refractivity contribution in [3.8, 4) is 0 Å². The van der Waals surface area contributed by atoms with Gasteiger partial charge in [0.25, 0.3) is 0 Å². The number of esters is 3. The highest BCUT2D eigenvalue weighted by atomic mass is 16.7. The lowest BCUT2D eigenvalue weighted by Crippen LogP contribution is -2.61. The largest absolute Gasteiger partial charge is 0.479 e. The van der Waals surface area contributed by atoms with E-state index in [0.717, 1.165) is 83.5 Å². The van der Waals surface area contributed by atoms with Gasteiger partial charge in [0.05, 0.1) is 13.0 Å². The molecule has 1 aliphatic heterocycles. The van der Waals surface area contributed by atoms with Crippen molar-refractivity contribution < 1.29 is 58.2 Å². The van der Waals surface area contributed by atoms with Crippen LogP contribution in [0.3, 0.4) is 0 Å². The minimum Gasteiger partial charge on any atom is -0.479 e. The molecule has 0 aromatic rings. The Labute approximate surface area is 480 Å². The van der Waals surface area contributed by atoms with E-state index in [0.29, 0.717) is 19.3 Å². The molecule has 6 unspecified atom stereocenters. The first kappa shape index (κ1) is 72.9. The quantitative estimate of drug-likeness (QED) is 0.0228. The van der Waals surface area contributed by atoms with Crippen LogP contribution in [0.4, 0.5) is 0 Å². The molecular weight excluding hydrogens is 997 g/mol. The third-order valence-corrected chi connectivity index (χ3v) is 14.0. The highest BCUT2D eigenvalue weighted by Gasteiger charge is 2.50. The molecule has 0 bridgehead atoms. The fourth-order valence-corrected chi connectivity index (χ4v) is 9.14. The summed E-state index contributed by atoms with van der Waals surface area (Å²) in [6.45, 7) is 5.84. The van der Waals surface area contributed by atoms with E-state index in [4.69, 9.17) is 23.7 Å². The van der Waals surface area contributed by atoms with Gasteiger partial charge < -0.3 is 39.0 Å². The first-order chi connectivity index (χ1) is 38.6. The molecule has 0 spiro atoms. The summed E-state index contributed by atoms with van der Waals surface area (Å²) in [5.74, 6) is -3.29. The Bertz CT molecular complexity index is 1700. The number of carbonyl (C=O) groups is 4. The van der Waals surface area contributed by atoms with E-state index in [2.05, 4.69) is 81.5 Å². The zero-order valence-corrected chi connectivity index (χ0v) is 49.8. The van der Waals surface area contributed by atoms with E-state index in [9.17, 15) is 34.5 Å². The predicted molar refractivity (Wildman–Crippen MR) is 321 cm³/mol. The Morgan fingerprint density at radius 1 is 0.443 bits per heavy atom. The number of hydrogen-bond donors (Lipinski definition) is 3. The third kappa shape index (κ3) is 44.3. The van der Waals surface area contributed by atoms with Crippen molar-refractivity contribution in [3.05, 3.63) is 85.1 Å². The van der Waals surface area contributed by atoms with Crippen molar-refractivity contribution in [3.63, 3.8) is 0 Å². The Hall–Kier alpha value is -4.10. The van der Waals surface area contributed by atoms with Gasteiger partial charge in [0, 0.05) is 12.8 Å². The summed E-state index contributed by atoms with van der Waals surface area (Å²) in [6.07, 6.45) is 58.6. The maximum Gasteiger partial charge on any atom is 0.335 e. The molecule has 0 aromatic heterocycles. The highest BCUT2D eigenvalue weighted by Crippen LogP contribution is 2.26. The average molecular weight is 1110 g/mol. The van der Waals surface area contributed by atoms with Crippen LogP contribution in [0.1, 0.15) is 265 Å². The molecule has 79 heavy (non-hydrogen) atoms. The van der Waals surface area contributed by atoms with E-state index in [1.54, 1.807) is 12.2 Å². The number of aliphatic hydroxyl groups is 2. The number of allylic oxidation sites excluding steroid dienone is 13. The predicted octanol–water partition coefficient (Wildman–Crippen LogP) is 16.7. The normalized spacial score (nSPS) is 18.4. The van der Waals surface area contributed by atoms with Crippen LogP contribution in [-0.2, 0) is 42.9 Å². The summed E-state index contributed by atoms with van der Waals surface area (Å²) in [7, 11) is 0. The smallest absolute Gasteiger partial charge is 0.335 e. The van der Waals surface area contributed by atoms with Gasteiger partial charge in [0.2, 0.25) is 0 Å². The summed E-state index contributed by atoms with van der Waals surface area (Å²) < 4.78 is 28.4. The molecule has 452 valence electrons. The fourth-order valence-electron chi connectivity index (χ4n) is 9.14. The SMILES string of the molecule is CC/C=C\C/C=C\C/C=C\C/C=C\C/C=C\CC(=O)OC1C(OCC(COC(=O)CCCCCCCCCCC/C=C\CCCCCCCC)OC(=O)CCCCCCC/C=C\CCCCCCCC)OC(C(=O)O)C(O)C1O. The number of unbranched alkanes of at least 4 members (excludes halogenated alkanes) is 26. The Balaban J connectivity index is 2.71. The van der Waals surface area contributed by atoms with Gasteiger partial charge in [0.1, 0.15) is 18.8 Å². The number of rotatable bonds is 53. The Morgan fingerprint density at radius 3 is 1.27 bits per heavy atom. The van der Waals surface area contributed by atoms with Gasteiger partial charge in [-0.2, -0.15) is 0 Å². The second kappa shape index (κ2) is 54.5. The van der Waals surface area contributed by atoms with Gasteiger partial charge in [-0.25, -0.2) is 4.79 Å². The van der Waals surface area contributed by atoms with Crippen LogP contribution in [0, 0.1) is 0 Å². The molecule has 0 aliphatic carbocycles. The molecule has 0 saturated carbocycles. The van der Waals surface area contributed by atoms with Crippen LogP contribution < -0.4 is 0 Å².